The Morgan fingerprint density at radius 3 is 2.41 bits per heavy atom. The fourth-order valence-electron chi connectivity index (χ4n) is 3.17. The minimum Gasteiger partial charge on any atom is -0.390 e. The van der Waals surface area contributed by atoms with E-state index in [0.717, 1.165) is 56.4 Å². The number of piperidine rings is 1. The second-order valence-electron chi connectivity index (χ2n) is 8.31. The van der Waals surface area contributed by atoms with Crippen molar-refractivity contribution >= 4 is 29.0 Å². The molecule has 1 aromatic rings. The summed E-state index contributed by atoms with van der Waals surface area (Å²) in [5.74, 6) is 0.854. The highest BCUT2D eigenvalue weighted by molar-refractivity contribution is 7.84. The molecular weight excluding hydrogens is 384 g/mol. The standard InChI is InChI=1S/C14H21N3O2S.C4H11NOS/c1-10-13(20)16-11(8-18)12(15-10)17-5-2-14(3-6-17)4-7-19-9-14;1-4(2,3)7(5)6/h18H,2-9H2,1H3,(H,16,20);5H2,1-3H3. The first-order valence-electron chi connectivity index (χ1n) is 9.28. The van der Waals surface area contributed by atoms with Gasteiger partial charge < -0.3 is 19.7 Å². The monoisotopic (exact) mass is 416 g/mol. The Bertz CT molecular complexity index is 714. The van der Waals surface area contributed by atoms with Crippen molar-refractivity contribution in [1.82, 2.24) is 9.97 Å². The number of aliphatic hydroxyl groups excluding tert-OH is 1. The molecule has 1 atom stereocenters. The molecule has 2 fully saturated rings. The van der Waals surface area contributed by atoms with Crippen LogP contribution in [0.5, 0.6) is 0 Å². The molecule has 3 heterocycles. The lowest BCUT2D eigenvalue weighted by molar-refractivity contribution is 0.133. The predicted molar refractivity (Wildman–Crippen MR) is 111 cm³/mol. The van der Waals surface area contributed by atoms with Gasteiger partial charge in [0.15, 0.2) is 5.82 Å². The van der Waals surface area contributed by atoms with Crippen molar-refractivity contribution in [2.45, 2.75) is 58.3 Å². The summed E-state index contributed by atoms with van der Waals surface area (Å²) in [5.41, 5.74) is 1.92. The molecule has 27 heavy (non-hydrogen) atoms. The summed E-state index contributed by atoms with van der Waals surface area (Å²) in [6.45, 7) is 11.1. The molecular formula is C18H32N4O3S2. The Morgan fingerprint density at radius 2 is 1.96 bits per heavy atom. The van der Waals surface area contributed by atoms with E-state index >= 15 is 0 Å². The van der Waals surface area contributed by atoms with Crippen LogP contribution in [0.15, 0.2) is 0 Å². The lowest BCUT2D eigenvalue weighted by Crippen LogP contribution is -2.41. The van der Waals surface area contributed by atoms with E-state index in [1.165, 1.54) is 6.42 Å². The first-order valence-corrected chi connectivity index (χ1v) is 10.9. The highest BCUT2D eigenvalue weighted by atomic mass is 32.2. The number of aromatic amines is 1. The molecule has 3 rings (SSSR count). The predicted octanol–water partition coefficient (Wildman–Crippen LogP) is 2.35. The number of ether oxygens (including phenoxy) is 1. The minimum absolute atomic E-state index is 0.0585. The number of nitrogens with two attached hydrogens (primary N) is 1. The highest BCUT2D eigenvalue weighted by Crippen LogP contribution is 2.40. The van der Waals surface area contributed by atoms with Crippen molar-refractivity contribution in [3.05, 3.63) is 16.0 Å². The van der Waals surface area contributed by atoms with E-state index in [0.29, 0.717) is 10.1 Å². The Hall–Kier alpha value is -0.870. The van der Waals surface area contributed by atoms with Crippen molar-refractivity contribution in [2.75, 3.05) is 31.2 Å². The maximum Gasteiger partial charge on any atom is 0.150 e. The van der Waals surface area contributed by atoms with E-state index in [1.54, 1.807) is 0 Å². The number of aromatic nitrogens is 2. The zero-order chi connectivity index (χ0) is 20.2. The molecule has 0 bridgehead atoms. The van der Waals surface area contributed by atoms with E-state index in [4.69, 9.17) is 22.1 Å². The number of anilines is 1. The van der Waals surface area contributed by atoms with Crippen LogP contribution < -0.4 is 10.0 Å². The van der Waals surface area contributed by atoms with Crippen LogP contribution in [0.3, 0.4) is 0 Å². The fourth-order valence-corrected chi connectivity index (χ4v) is 3.34. The van der Waals surface area contributed by atoms with Gasteiger partial charge >= 0.3 is 0 Å². The van der Waals surface area contributed by atoms with Crippen molar-refractivity contribution in [3.8, 4) is 0 Å². The molecule has 2 saturated heterocycles. The average molecular weight is 417 g/mol. The molecule has 7 nitrogen and oxygen atoms in total. The maximum atomic E-state index is 10.4. The zero-order valence-electron chi connectivity index (χ0n) is 16.7. The van der Waals surface area contributed by atoms with Crippen LogP contribution in [0.25, 0.3) is 0 Å². The van der Waals surface area contributed by atoms with Gasteiger partial charge in [-0.1, -0.05) is 12.2 Å². The molecule has 0 aromatic carbocycles. The third-order valence-electron chi connectivity index (χ3n) is 5.21. The molecule has 2 aliphatic heterocycles. The third kappa shape index (κ3) is 5.80. The topological polar surface area (TPSA) is 104 Å². The second kappa shape index (κ2) is 9.09. The van der Waals surface area contributed by atoms with Crippen LogP contribution in [0.2, 0.25) is 0 Å². The molecule has 0 amide bonds. The summed E-state index contributed by atoms with van der Waals surface area (Å²) in [5, 5.41) is 14.5. The smallest absolute Gasteiger partial charge is 0.150 e. The molecule has 0 saturated carbocycles. The Labute approximate surface area is 169 Å². The third-order valence-corrected chi connectivity index (χ3v) is 6.81. The van der Waals surface area contributed by atoms with Gasteiger partial charge in [-0.2, -0.15) is 0 Å². The molecule has 9 heteroatoms. The Morgan fingerprint density at radius 1 is 1.37 bits per heavy atom. The van der Waals surface area contributed by atoms with Crippen LogP contribution in [-0.2, 0) is 22.3 Å². The molecule has 1 unspecified atom stereocenters. The summed E-state index contributed by atoms with van der Waals surface area (Å²) in [7, 11) is -1.18. The Balaban J connectivity index is 0.000000321. The van der Waals surface area contributed by atoms with E-state index < -0.39 is 11.0 Å². The van der Waals surface area contributed by atoms with Gasteiger partial charge in [-0.25, -0.2) is 9.19 Å². The Kier molecular flexibility index (Phi) is 7.54. The van der Waals surface area contributed by atoms with Gasteiger partial charge in [0, 0.05) is 19.7 Å². The average Bonchev–Trinajstić information content (AvgIpc) is 3.05. The summed E-state index contributed by atoms with van der Waals surface area (Å²) in [4.78, 5) is 9.93. The van der Waals surface area contributed by atoms with E-state index in [2.05, 4.69) is 14.9 Å². The first-order chi connectivity index (χ1) is 12.6. The number of nitrogens with one attached hydrogen (secondary N) is 1. The quantitative estimate of drug-likeness (QED) is 0.639. The number of aryl methyl sites for hydroxylation is 1. The number of hydrogen-bond acceptors (Lipinski definition) is 6. The second-order valence-corrected chi connectivity index (χ2v) is 10.5. The van der Waals surface area contributed by atoms with Crippen LogP contribution in [0, 0.1) is 17.0 Å². The minimum atomic E-state index is -1.18. The van der Waals surface area contributed by atoms with Crippen molar-refractivity contribution in [3.63, 3.8) is 0 Å². The summed E-state index contributed by atoms with van der Waals surface area (Å²) >= 11 is 5.19. The van der Waals surface area contributed by atoms with Gasteiger partial charge in [-0.3, -0.25) is 5.14 Å². The van der Waals surface area contributed by atoms with Gasteiger partial charge in [0.2, 0.25) is 0 Å². The number of hydrogen-bond donors (Lipinski definition) is 3. The maximum absolute atomic E-state index is 10.4. The molecule has 1 spiro atoms. The normalized spacial score (nSPS) is 20.3. The molecule has 154 valence electrons. The molecule has 0 aliphatic carbocycles. The van der Waals surface area contributed by atoms with Crippen molar-refractivity contribution < 1.29 is 14.1 Å². The van der Waals surface area contributed by atoms with Crippen LogP contribution in [0.4, 0.5) is 5.82 Å². The van der Waals surface area contributed by atoms with Gasteiger partial charge in [0.25, 0.3) is 0 Å². The highest BCUT2D eigenvalue weighted by Gasteiger charge is 2.38. The van der Waals surface area contributed by atoms with E-state index in [1.807, 2.05) is 27.7 Å². The first kappa shape index (κ1) is 22.4. The van der Waals surface area contributed by atoms with Gasteiger partial charge in [0.1, 0.15) is 4.64 Å². The van der Waals surface area contributed by atoms with Gasteiger partial charge in [-0.05, 0) is 52.4 Å². The lowest BCUT2D eigenvalue weighted by Gasteiger charge is -2.39. The van der Waals surface area contributed by atoms with Crippen molar-refractivity contribution in [1.29, 1.82) is 0 Å². The van der Waals surface area contributed by atoms with Gasteiger partial charge in [-0.15, -0.1) is 0 Å². The number of H-pyrrole nitrogens is 1. The summed E-state index contributed by atoms with van der Waals surface area (Å²) < 4.78 is 16.3. The largest absolute Gasteiger partial charge is 0.390 e. The zero-order valence-corrected chi connectivity index (χ0v) is 18.3. The summed E-state index contributed by atoms with van der Waals surface area (Å²) in [6, 6.07) is 0. The lowest BCUT2D eigenvalue weighted by atomic mass is 9.78. The molecule has 2 aliphatic rings. The number of rotatable bonds is 2. The number of aliphatic hydroxyl groups is 1. The molecule has 0 radical (unpaired) electrons. The molecule has 4 N–H and O–H groups in total. The van der Waals surface area contributed by atoms with Crippen LogP contribution in [0.1, 0.15) is 51.4 Å². The SMILES string of the molecule is CC(C)(C)S(N)=O.Cc1nc(N2CCC3(CCOC3)CC2)c(CO)[nH]c1=S. The van der Waals surface area contributed by atoms with E-state index in [9.17, 15) is 9.32 Å². The number of nitrogens with zero attached hydrogens (tertiary/aromatic N) is 2. The summed E-state index contributed by atoms with van der Waals surface area (Å²) in [6.07, 6.45) is 3.44. The van der Waals surface area contributed by atoms with E-state index in [-0.39, 0.29) is 11.4 Å². The fraction of sp³-hybridized carbons (Fsp3) is 0.778. The van der Waals surface area contributed by atoms with Crippen LogP contribution >= 0.6 is 12.2 Å². The molecule has 1 aromatic heterocycles. The van der Waals surface area contributed by atoms with Crippen LogP contribution in [-0.4, -0.2) is 50.3 Å². The van der Waals surface area contributed by atoms with Crippen molar-refractivity contribution in [2.24, 2.45) is 10.6 Å². The van der Waals surface area contributed by atoms with Gasteiger partial charge in [0.05, 0.1) is 40.3 Å².